The molecule has 2 aromatic carbocycles. The molecule has 2 aromatic rings. The molecule has 6 heteroatoms. The van der Waals surface area contributed by atoms with E-state index >= 15 is 0 Å². The first-order valence-corrected chi connectivity index (χ1v) is 9.65. The molecule has 0 fully saturated rings. The van der Waals surface area contributed by atoms with Crippen LogP contribution in [0.2, 0.25) is 5.02 Å². The number of amides is 1. The summed E-state index contributed by atoms with van der Waals surface area (Å²) in [6, 6.07) is 11.2. The zero-order valence-electron chi connectivity index (χ0n) is 16.7. The third-order valence-corrected chi connectivity index (χ3v) is 4.68. The molecular formula is C22H26ClNO4. The summed E-state index contributed by atoms with van der Waals surface area (Å²) < 4.78 is 10.6. The number of benzene rings is 2. The minimum Gasteiger partial charge on any atom is -0.482 e. The molecule has 0 aliphatic carbocycles. The monoisotopic (exact) mass is 403 g/mol. The first-order chi connectivity index (χ1) is 13.3. The van der Waals surface area contributed by atoms with Crippen LogP contribution in [0.25, 0.3) is 0 Å². The summed E-state index contributed by atoms with van der Waals surface area (Å²) in [5.74, 6) is -0.232. The van der Waals surface area contributed by atoms with Crippen molar-refractivity contribution in [2.45, 2.75) is 40.0 Å². The highest BCUT2D eigenvalue weighted by atomic mass is 35.5. The quantitative estimate of drug-likeness (QED) is 0.637. The summed E-state index contributed by atoms with van der Waals surface area (Å²) in [4.78, 5) is 23.9. The van der Waals surface area contributed by atoms with Crippen molar-refractivity contribution in [3.05, 3.63) is 58.1 Å². The number of esters is 1. The first kappa shape index (κ1) is 21.8. The smallest absolute Gasteiger partial charge is 0.344 e. The molecule has 150 valence electrons. The van der Waals surface area contributed by atoms with Gasteiger partial charge >= 0.3 is 5.97 Å². The van der Waals surface area contributed by atoms with E-state index in [0.717, 1.165) is 17.5 Å². The average Bonchev–Trinajstić information content (AvgIpc) is 2.67. The van der Waals surface area contributed by atoms with Gasteiger partial charge in [0.1, 0.15) is 5.75 Å². The lowest BCUT2D eigenvalue weighted by Crippen LogP contribution is -2.23. The van der Waals surface area contributed by atoms with E-state index in [2.05, 4.69) is 12.2 Å². The van der Waals surface area contributed by atoms with Gasteiger partial charge in [0.05, 0.1) is 0 Å². The van der Waals surface area contributed by atoms with Crippen LogP contribution in [0.15, 0.2) is 36.4 Å². The zero-order valence-corrected chi connectivity index (χ0v) is 17.4. The Morgan fingerprint density at radius 2 is 1.79 bits per heavy atom. The van der Waals surface area contributed by atoms with Crippen LogP contribution in [0.5, 0.6) is 5.75 Å². The van der Waals surface area contributed by atoms with Gasteiger partial charge in [-0.25, -0.2) is 4.79 Å². The van der Waals surface area contributed by atoms with Crippen LogP contribution in [0.4, 0.5) is 5.69 Å². The molecule has 28 heavy (non-hydrogen) atoms. The number of nitrogens with one attached hydrogen (secondary N) is 1. The van der Waals surface area contributed by atoms with E-state index in [-0.39, 0.29) is 19.1 Å². The number of rotatable bonds is 8. The van der Waals surface area contributed by atoms with Crippen molar-refractivity contribution in [3.8, 4) is 5.75 Å². The molecule has 1 amide bonds. The predicted octanol–water partition coefficient (Wildman–Crippen LogP) is 4.89. The fourth-order valence-corrected chi connectivity index (χ4v) is 2.76. The molecule has 0 aromatic heterocycles. The van der Waals surface area contributed by atoms with Gasteiger partial charge in [0.25, 0.3) is 5.91 Å². The minimum atomic E-state index is -0.612. The van der Waals surface area contributed by atoms with Gasteiger partial charge in [-0.1, -0.05) is 44.5 Å². The summed E-state index contributed by atoms with van der Waals surface area (Å²) in [5, 5.41) is 3.34. The lowest BCUT2D eigenvalue weighted by atomic mass is 10.0. The largest absolute Gasteiger partial charge is 0.482 e. The highest BCUT2D eigenvalue weighted by Crippen LogP contribution is 2.32. The second-order valence-electron chi connectivity index (χ2n) is 6.84. The molecule has 0 radical (unpaired) electrons. The number of hydrogen-bond donors (Lipinski definition) is 1. The second kappa shape index (κ2) is 10.1. The van der Waals surface area contributed by atoms with Gasteiger partial charge in [0.2, 0.25) is 0 Å². The molecule has 0 saturated carbocycles. The van der Waals surface area contributed by atoms with Crippen molar-refractivity contribution in [1.29, 1.82) is 0 Å². The molecular weight excluding hydrogens is 378 g/mol. The highest BCUT2D eigenvalue weighted by Gasteiger charge is 2.14. The number of halogens is 1. The van der Waals surface area contributed by atoms with E-state index in [1.807, 2.05) is 51.1 Å². The Labute approximate surface area is 171 Å². The van der Waals surface area contributed by atoms with Crippen molar-refractivity contribution in [1.82, 2.24) is 0 Å². The molecule has 0 aliphatic rings. The van der Waals surface area contributed by atoms with E-state index in [4.69, 9.17) is 21.1 Å². The maximum atomic E-state index is 11.9. The van der Waals surface area contributed by atoms with Crippen molar-refractivity contribution in [2.24, 2.45) is 0 Å². The van der Waals surface area contributed by atoms with Crippen LogP contribution in [0.3, 0.4) is 0 Å². The third-order valence-electron chi connectivity index (χ3n) is 4.27. The highest BCUT2D eigenvalue weighted by molar-refractivity contribution is 6.31. The number of hydrogen-bond acceptors (Lipinski definition) is 4. The number of ether oxygens (including phenoxy) is 2. The Hall–Kier alpha value is -2.53. The van der Waals surface area contributed by atoms with Gasteiger partial charge in [-0.15, -0.1) is 0 Å². The molecule has 0 unspecified atom stereocenters. The molecule has 2 rings (SSSR count). The predicted molar refractivity (Wildman–Crippen MR) is 111 cm³/mol. The SMILES string of the molecule is CCc1ccc(NC(=O)COC(=O)COc2cc(C)c(Cl)cc2C(C)C)cc1. The summed E-state index contributed by atoms with van der Waals surface area (Å²) in [6.45, 7) is 7.32. The summed E-state index contributed by atoms with van der Waals surface area (Å²) >= 11 is 6.17. The third kappa shape index (κ3) is 6.27. The first-order valence-electron chi connectivity index (χ1n) is 9.27. The van der Waals surface area contributed by atoms with Crippen LogP contribution in [0, 0.1) is 6.92 Å². The lowest BCUT2D eigenvalue weighted by Gasteiger charge is -2.15. The van der Waals surface area contributed by atoms with Crippen molar-refractivity contribution < 1.29 is 19.1 Å². The van der Waals surface area contributed by atoms with Crippen molar-refractivity contribution >= 4 is 29.2 Å². The maximum absolute atomic E-state index is 11.9. The van der Waals surface area contributed by atoms with Crippen molar-refractivity contribution in [2.75, 3.05) is 18.5 Å². The Morgan fingerprint density at radius 3 is 2.39 bits per heavy atom. The Kier molecular flexibility index (Phi) is 7.88. The van der Waals surface area contributed by atoms with Crippen LogP contribution in [0.1, 0.15) is 43.4 Å². The minimum absolute atomic E-state index is 0.189. The van der Waals surface area contributed by atoms with Crippen LogP contribution >= 0.6 is 11.6 Å². The molecule has 0 aliphatic heterocycles. The van der Waals surface area contributed by atoms with E-state index in [1.54, 1.807) is 6.07 Å². The Morgan fingerprint density at radius 1 is 1.11 bits per heavy atom. The van der Waals surface area contributed by atoms with E-state index < -0.39 is 11.9 Å². The number of carbonyl (C=O) groups excluding carboxylic acids is 2. The normalized spacial score (nSPS) is 10.6. The van der Waals surface area contributed by atoms with Crippen molar-refractivity contribution in [3.63, 3.8) is 0 Å². The topological polar surface area (TPSA) is 64.6 Å². The fraction of sp³-hybridized carbons (Fsp3) is 0.364. The number of anilines is 1. The Balaban J connectivity index is 1.84. The summed E-state index contributed by atoms with van der Waals surface area (Å²) in [6.07, 6.45) is 0.928. The molecule has 0 spiro atoms. The van der Waals surface area contributed by atoms with Crippen LogP contribution < -0.4 is 10.1 Å². The van der Waals surface area contributed by atoms with Gasteiger partial charge in [-0.2, -0.15) is 0 Å². The number of aryl methyl sites for hydroxylation is 2. The summed E-state index contributed by atoms with van der Waals surface area (Å²) in [5.41, 5.74) is 3.62. The molecule has 5 nitrogen and oxygen atoms in total. The molecule has 0 bridgehead atoms. The van der Waals surface area contributed by atoms with Crippen LogP contribution in [-0.4, -0.2) is 25.1 Å². The van der Waals surface area contributed by atoms with Gasteiger partial charge in [0, 0.05) is 10.7 Å². The fourth-order valence-electron chi connectivity index (χ4n) is 2.59. The molecule has 0 heterocycles. The molecule has 0 atom stereocenters. The Bertz CT molecular complexity index is 831. The van der Waals surface area contributed by atoms with Gasteiger partial charge < -0.3 is 14.8 Å². The molecule has 1 N–H and O–H groups in total. The van der Waals surface area contributed by atoms with Gasteiger partial charge in [-0.3, -0.25) is 4.79 Å². The molecule has 0 saturated heterocycles. The lowest BCUT2D eigenvalue weighted by molar-refractivity contribution is -0.149. The number of carbonyl (C=O) groups is 2. The van der Waals surface area contributed by atoms with Gasteiger partial charge in [0.15, 0.2) is 13.2 Å². The van der Waals surface area contributed by atoms with E-state index in [0.29, 0.717) is 16.5 Å². The maximum Gasteiger partial charge on any atom is 0.344 e. The second-order valence-corrected chi connectivity index (χ2v) is 7.25. The van der Waals surface area contributed by atoms with Gasteiger partial charge in [-0.05, 0) is 60.2 Å². The zero-order chi connectivity index (χ0) is 20.7. The standard InChI is InChI=1S/C22H26ClNO4/c1-5-16-6-8-17(9-7-16)24-21(25)12-28-22(26)13-27-20-10-15(4)19(23)11-18(20)14(2)3/h6-11,14H,5,12-13H2,1-4H3,(H,24,25). The summed E-state index contributed by atoms with van der Waals surface area (Å²) in [7, 11) is 0. The van der Waals surface area contributed by atoms with E-state index in [9.17, 15) is 9.59 Å². The van der Waals surface area contributed by atoms with Crippen LogP contribution in [-0.2, 0) is 20.7 Å². The average molecular weight is 404 g/mol. The van der Waals surface area contributed by atoms with E-state index in [1.165, 1.54) is 5.56 Å².